The van der Waals surface area contributed by atoms with Gasteiger partial charge in [-0.3, -0.25) is 0 Å². The third-order valence-electron chi connectivity index (χ3n) is 4.79. The van der Waals surface area contributed by atoms with E-state index < -0.39 is 0 Å². The number of rotatable bonds is 2. The standard InChI is InChI=1S/C19H26N4/c1-18(2,3)15-6-4-7-16(14-15)19(20)8-12-23(13-9-19)17-21-10-5-11-22-17/h4-7,10-11,14H,8-9,12-13,20H2,1-3H3. The normalized spacial score (nSPS) is 18.0. The second-order valence-corrected chi connectivity index (χ2v) is 7.52. The first kappa shape index (κ1) is 15.9. The van der Waals surface area contributed by atoms with Gasteiger partial charge in [-0.25, -0.2) is 9.97 Å². The highest BCUT2D eigenvalue weighted by Gasteiger charge is 2.33. The van der Waals surface area contributed by atoms with Crippen LogP contribution in [0.3, 0.4) is 0 Å². The Morgan fingerprint density at radius 3 is 2.30 bits per heavy atom. The second kappa shape index (κ2) is 5.93. The summed E-state index contributed by atoms with van der Waals surface area (Å²) in [5.74, 6) is 0.804. The summed E-state index contributed by atoms with van der Waals surface area (Å²) in [6, 6.07) is 10.6. The van der Waals surface area contributed by atoms with Crippen LogP contribution in [-0.4, -0.2) is 23.1 Å². The van der Waals surface area contributed by atoms with Crippen LogP contribution in [0.2, 0.25) is 0 Å². The molecule has 1 aliphatic heterocycles. The number of piperidine rings is 1. The molecule has 0 atom stereocenters. The van der Waals surface area contributed by atoms with E-state index >= 15 is 0 Å². The molecule has 1 fully saturated rings. The Hall–Kier alpha value is -1.94. The zero-order valence-electron chi connectivity index (χ0n) is 14.3. The van der Waals surface area contributed by atoms with Crippen molar-refractivity contribution in [2.45, 2.75) is 44.6 Å². The summed E-state index contributed by atoms with van der Waals surface area (Å²) in [6.07, 6.45) is 5.41. The Morgan fingerprint density at radius 2 is 1.70 bits per heavy atom. The molecular weight excluding hydrogens is 284 g/mol. The molecule has 0 bridgehead atoms. The molecule has 2 heterocycles. The highest BCUT2D eigenvalue weighted by molar-refractivity contribution is 5.36. The molecule has 0 saturated carbocycles. The van der Waals surface area contributed by atoms with Gasteiger partial charge in [0.1, 0.15) is 0 Å². The maximum Gasteiger partial charge on any atom is 0.225 e. The van der Waals surface area contributed by atoms with E-state index in [1.54, 1.807) is 12.4 Å². The Bertz CT molecular complexity index is 653. The van der Waals surface area contributed by atoms with Crippen LogP contribution in [0.5, 0.6) is 0 Å². The fourth-order valence-electron chi connectivity index (χ4n) is 3.14. The van der Waals surface area contributed by atoms with Crippen LogP contribution < -0.4 is 10.6 Å². The van der Waals surface area contributed by atoms with Crippen molar-refractivity contribution in [3.05, 3.63) is 53.9 Å². The first-order chi connectivity index (χ1) is 10.9. The number of hydrogen-bond donors (Lipinski definition) is 1. The van der Waals surface area contributed by atoms with E-state index in [1.807, 2.05) is 6.07 Å². The third-order valence-corrected chi connectivity index (χ3v) is 4.79. The maximum absolute atomic E-state index is 6.77. The number of nitrogens with zero attached hydrogens (tertiary/aromatic N) is 3. The minimum atomic E-state index is -0.257. The summed E-state index contributed by atoms with van der Waals surface area (Å²) in [4.78, 5) is 10.9. The van der Waals surface area contributed by atoms with Crippen LogP contribution in [0, 0.1) is 0 Å². The van der Waals surface area contributed by atoms with Crippen molar-refractivity contribution < 1.29 is 0 Å². The van der Waals surface area contributed by atoms with Gasteiger partial charge in [0.25, 0.3) is 0 Å². The van der Waals surface area contributed by atoms with Crippen LogP contribution in [0.25, 0.3) is 0 Å². The Morgan fingerprint density at radius 1 is 1.04 bits per heavy atom. The predicted octanol–water partition coefficient (Wildman–Crippen LogP) is 3.23. The molecule has 1 aromatic heterocycles. The van der Waals surface area contributed by atoms with Gasteiger partial charge < -0.3 is 10.6 Å². The Kier molecular flexibility index (Phi) is 4.11. The molecule has 3 rings (SSSR count). The lowest BCUT2D eigenvalue weighted by molar-refractivity contribution is 0.340. The SMILES string of the molecule is CC(C)(C)c1cccc(C2(N)CCN(c3ncccn3)CC2)c1. The highest BCUT2D eigenvalue weighted by atomic mass is 15.3. The molecule has 0 unspecified atom stereocenters. The topological polar surface area (TPSA) is 55.0 Å². The highest BCUT2D eigenvalue weighted by Crippen LogP contribution is 2.33. The largest absolute Gasteiger partial charge is 0.341 e. The van der Waals surface area contributed by atoms with E-state index in [4.69, 9.17) is 5.73 Å². The van der Waals surface area contributed by atoms with Crippen molar-refractivity contribution in [1.29, 1.82) is 0 Å². The lowest BCUT2D eigenvalue weighted by atomic mass is 9.78. The van der Waals surface area contributed by atoms with E-state index in [0.29, 0.717) is 0 Å². The van der Waals surface area contributed by atoms with Gasteiger partial charge in [-0.1, -0.05) is 45.0 Å². The molecule has 23 heavy (non-hydrogen) atoms. The van der Waals surface area contributed by atoms with Crippen LogP contribution in [0.4, 0.5) is 5.95 Å². The van der Waals surface area contributed by atoms with E-state index in [2.05, 4.69) is 59.9 Å². The summed E-state index contributed by atoms with van der Waals surface area (Å²) >= 11 is 0. The van der Waals surface area contributed by atoms with E-state index in [-0.39, 0.29) is 11.0 Å². The van der Waals surface area contributed by atoms with Crippen molar-refractivity contribution >= 4 is 5.95 Å². The summed E-state index contributed by atoms with van der Waals surface area (Å²) < 4.78 is 0. The number of aromatic nitrogens is 2. The summed E-state index contributed by atoms with van der Waals surface area (Å²) in [5.41, 5.74) is 9.24. The third kappa shape index (κ3) is 3.37. The Labute approximate surface area is 138 Å². The minimum Gasteiger partial charge on any atom is -0.341 e. The summed E-state index contributed by atoms with van der Waals surface area (Å²) in [5, 5.41) is 0. The van der Waals surface area contributed by atoms with Crippen LogP contribution in [0.1, 0.15) is 44.7 Å². The summed E-state index contributed by atoms with van der Waals surface area (Å²) in [6.45, 7) is 8.50. The maximum atomic E-state index is 6.77. The Balaban J connectivity index is 1.77. The van der Waals surface area contributed by atoms with Gasteiger partial charge in [0.2, 0.25) is 5.95 Å². The molecule has 122 valence electrons. The van der Waals surface area contributed by atoms with E-state index in [0.717, 1.165) is 31.9 Å². The van der Waals surface area contributed by atoms with Gasteiger partial charge in [-0.2, -0.15) is 0 Å². The van der Waals surface area contributed by atoms with Crippen LogP contribution in [-0.2, 0) is 11.0 Å². The smallest absolute Gasteiger partial charge is 0.225 e. The number of nitrogens with two attached hydrogens (primary N) is 1. The zero-order valence-corrected chi connectivity index (χ0v) is 14.3. The minimum absolute atomic E-state index is 0.144. The molecule has 1 saturated heterocycles. The molecule has 2 N–H and O–H groups in total. The number of anilines is 1. The van der Waals surface area contributed by atoms with Gasteiger partial charge in [-0.15, -0.1) is 0 Å². The fourth-order valence-corrected chi connectivity index (χ4v) is 3.14. The molecule has 4 nitrogen and oxygen atoms in total. The van der Waals surface area contributed by atoms with E-state index in [1.165, 1.54) is 11.1 Å². The van der Waals surface area contributed by atoms with Crippen molar-refractivity contribution in [3.63, 3.8) is 0 Å². The van der Waals surface area contributed by atoms with Crippen LogP contribution >= 0.6 is 0 Å². The zero-order chi connectivity index (χ0) is 16.5. The first-order valence-corrected chi connectivity index (χ1v) is 8.30. The molecule has 1 aliphatic rings. The average molecular weight is 310 g/mol. The van der Waals surface area contributed by atoms with Gasteiger partial charge in [-0.05, 0) is 35.4 Å². The first-order valence-electron chi connectivity index (χ1n) is 8.30. The van der Waals surface area contributed by atoms with Crippen molar-refractivity contribution in [2.75, 3.05) is 18.0 Å². The molecule has 4 heteroatoms. The van der Waals surface area contributed by atoms with Gasteiger partial charge >= 0.3 is 0 Å². The van der Waals surface area contributed by atoms with Gasteiger partial charge in [0.15, 0.2) is 0 Å². The van der Waals surface area contributed by atoms with Gasteiger partial charge in [0, 0.05) is 31.0 Å². The average Bonchev–Trinajstić information content (AvgIpc) is 2.56. The molecule has 0 aliphatic carbocycles. The second-order valence-electron chi connectivity index (χ2n) is 7.52. The molecule has 0 spiro atoms. The lowest BCUT2D eigenvalue weighted by Crippen LogP contribution is -2.48. The summed E-state index contributed by atoms with van der Waals surface area (Å²) in [7, 11) is 0. The van der Waals surface area contributed by atoms with Crippen LogP contribution in [0.15, 0.2) is 42.7 Å². The molecule has 0 radical (unpaired) electrons. The monoisotopic (exact) mass is 310 g/mol. The quantitative estimate of drug-likeness (QED) is 0.925. The fraction of sp³-hybridized carbons (Fsp3) is 0.474. The van der Waals surface area contributed by atoms with E-state index in [9.17, 15) is 0 Å². The van der Waals surface area contributed by atoms with Crippen molar-refractivity contribution in [2.24, 2.45) is 5.73 Å². The molecule has 1 aromatic carbocycles. The molecule has 2 aromatic rings. The number of hydrogen-bond acceptors (Lipinski definition) is 4. The predicted molar refractivity (Wildman–Crippen MR) is 94.5 cm³/mol. The number of benzene rings is 1. The van der Waals surface area contributed by atoms with Crippen molar-refractivity contribution in [3.8, 4) is 0 Å². The lowest BCUT2D eigenvalue weighted by Gasteiger charge is -2.40. The molecular formula is C19H26N4. The van der Waals surface area contributed by atoms with Gasteiger partial charge in [0.05, 0.1) is 0 Å². The van der Waals surface area contributed by atoms with Crippen molar-refractivity contribution in [1.82, 2.24) is 9.97 Å². The molecule has 0 amide bonds.